The summed E-state index contributed by atoms with van der Waals surface area (Å²) >= 11 is 2.04. The fourth-order valence-corrected chi connectivity index (χ4v) is 0. The van der Waals surface area contributed by atoms with Crippen molar-refractivity contribution in [2.45, 2.75) is 0 Å². The van der Waals surface area contributed by atoms with Gasteiger partial charge in [0.15, 0.2) is 0 Å². The predicted octanol–water partition coefficient (Wildman–Crippen LogP) is 2.37. The zero-order valence-electron chi connectivity index (χ0n) is 1.90. The molecule has 1 nitrogen and oxygen atoms in total. The summed E-state index contributed by atoms with van der Waals surface area (Å²) in [5.74, 6) is 0. The maximum Gasteiger partial charge on any atom is 0.275 e. The van der Waals surface area contributed by atoms with E-state index in [1.54, 1.807) is 0 Å². The Labute approximate surface area is 41.4 Å². The molecule has 24 valence electrons. The molecule has 0 aliphatic rings. The number of halogens is 1. The van der Waals surface area contributed by atoms with Crippen LogP contribution in [0.1, 0.15) is 0 Å². The van der Waals surface area contributed by atoms with Gasteiger partial charge in [-0.15, -0.1) is 5.16 Å². The van der Waals surface area contributed by atoms with Gasteiger partial charge in [0.1, 0.15) is 8.93 Å². The fourth-order valence-electron chi connectivity index (χ4n) is 0. The summed E-state index contributed by atoms with van der Waals surface area (Å²) < 4.78 is 0. The first-order valence-electron chi connectivity index (χ1n) is 0.651. The maximum absolute atomic E-state index is 6.60. The Balaban J connectivity index is 2.80. The number of hydrogen-bond donors (Lipinski definition) is 1. The third-order valence-corrected chi connectivity index (χ3v) is 0. The third kappa shape index (κ3) is 10.5. The van der Waals surface area contributed by atoms with Gasteiger partial charge < -0.3 is 0 Å². The second-order valence-corrected chi connectivity index (χ2v) is 8.75. The Morgan fingerprint density at radius 2 is 2.00 bits per heavy atom. The van der Waals surface area contributed by atoms with Crippen molar-refractivity contribution in [2.75, 3.05) is 0 Å². The second-order valence-electron chi connectivity index (χ2n) is 0.311. The van der Waals surface area contributed by atoms with Gasteiger partial charge in [-0.1, -0.05) is 0 Å². The van der Waals surface area contributed by atoms with Crippen LogP contribution in [-0.4, -0.2) is 0 Å². The molecule has 4 heavy (non-hydrogen) atoms. The molecule has 0 aromatic rings. The Bertz CT molecular complexity index is 29.0. The summed E-state index contributed by atoms with van der Waals surface area (Å²) in [6.45, 7) is 0. The molecule has 2 atom stereocenters. The van der Waals surface area contributed by atoms with E-state index in [4.69, 9.17) is 5.16 Å². The lowest BCUT2D eigenvalue weighted by molar-refractivity contribution is 1.66. The van der Waals surface area contributed by atoms with Crippen LogP contribution in [0.2, 0.25) is 0 Å². The molecule has 2 unspecified atom stereocenters. The average Bonchev–Trinajstić information content (AvgIpc) is 0.811. The van der Waals surface area contributed by atoms with Crippen molar-refractivity contribution in [3.05, 3.63) is 0 Å². The molecule has 0 aromatic heterocycles. The molecule has 0 spiro atoms. The highest BCUT2D eigenvalue weighted by molar-refractivity contribution is 14.2. The second kappa shape index (κ2) is 2.49. The largest absolute Gasteiger partial charge is 0.275 e. The van der Waals surface area contributed by atoms with Gasteiger partial charge in [0, 0.05) is 0 Å². The van der Waals surface area contributed by atoms with Crippen molar-refractivity contribution in [1.82, 2.24) is 0 Å². The highest BCUT2D eigenvalue weighted by Crippen LogP contribution is 2.39. The molecule has 0 aliphatic heterocycles. The third-order valence-electron chi connectivity index (χ3n) is 0. The van der Waals surface area contributed by atoms with E-state index in [2.05, 4.69) is 8.93 Å². The topological polar surface area (TPSA) is 23.9 Å². The average molecular weight is 206 g/mol. The van der Waals surface area contributed by atoms with Crippen LogP contribution >= 0.6 is 36.0 Å². The van der Waals surface area contributed by atoms with E-state index < -0.39 is 5.04 Å². The predicted molar refractivity (Wildman–Crippen MR) is 33.4 cm³/mol. The number of nitrogens with one attached hydrogen (secondary N) is 1. The van der Waals surface area contributed by atoms with E-state index in [0.29, 0.717) is 0 Å². The van der Waals surface area contributed by atoms with E-state index in [1.807, 2.05) is 22.0 Å². The summed E-state index contributed by atoms with van der Waals surface area (Å²) in [6, 6.07) is 0. The lowest BCUT2D eigenvalue weighted by atomic mass is 14.0. The van der Waals surface area contributed by atoms with Crippen LogP contribution < -0.4 is 0 Å². The summed E-state index contributed by atoms with van der Waals surface area (Å²) in [5, 5.41) is 6.11. The van der Waals surface area contributed by atoms with Gasteiger partial charge in [0.25, 0.3) is 27.1 Å². The highest BCUT2D eigenvalue weighted by atomic mass is 127. The van der Waals surface area contributed by atoms with Crippen LogP contribution in [0.4, 0.5) is 0 Å². The van der Waals surface area contributed by atoms with E-state index in [1.165, 1.54) is 0 Å². The van der Waals surface area contributed by atoms with Crippen molar-refractivity contribution in [1.29, 1.82) is 5.16 Å². The molecule has 0 radical (unpaired) electrons. The lowest BCUT2D eigenvalue weighted by Gasteiger charge is -1.39. The van der Waals surface area contributed by atoms with Crippen LogP contribution in [0.5, 0.6) is 0 Å². The van der Waals surface area contributed by atoms with Crippen molar-refractivity contribution >= 4 is 36.0 Å². The molecule has 0 aliphatic carbocycles. The highest BCUT2D eigenvalue weighted by Gasteiger charge is 1.79. The fraction of sp³-hybridized carbons (Fsp3) is 0. The van der Waals surface area contributed by atoms with Gasteiger partial charge in [-0.3, -0.25) is 0 Å². The Hall–Kier alpha value is 1.26. The first-order valence-corrected chi connectivity index (χ1v) is 6.40. The summed E-state index contributed by atoms with van der Waals surface area (Å²) in [4.78, 5) is 0. The number of rotatable bonds is 0. The first-order chi connectivity index (χ1) is 1.73. The molecule has 4 heteroatoms. The van der Waals surface area contributed by atoms with Crippen LogP contribution in [0.25, 0.3) is 0 Å². The van der Waals surface area contributed by atoms with Crippen LogP contribution in [-0.2, 0) is 0 Å². The summed E-state index contributed by atoms with van der Waals surface area (Å²) in [6.07, 6.45) is 0. The molecule has 0 saturated heterocycles. The van der Waals surface area contributed by atoms with Crippen LogP contribution in [0.3, 0.4) is 0 Å². The Kier molecular flexibility index (Phi) is 3.28. The standard InChI is InChI=1S/H3INP2/c1-4(2)3/h2H,3H2/q+1. The molecule has 0 heterocycles. The van der Waals surface area contributed by atoms with Crippen molar-refractivity contribution in [2.24, 2.45) is 0 Å². The van der Waals surface area contributed by atoms with Gasteiger partial charge in [0.05, 0.1) is 0 Å². The van der Waals surface area contributed by atoms with E-state index in [0.717, 1.165) is 0 Å². The smallest absolute Gasteiger partial charge is 0.114 e. The van der Waals surface area contributed by atoms with Crippen LogP contribution in [0, 0.1) is 5.16 Å². The van der Waals surface area contributed by atoms with Gasteiger partial charge >= 0.3 is 0 Å². The molecule has 0 rings (SSSR count). The van der Waals surface area contributed by atoms with Gasteiger partial charge in [-0.2, -0.15) is 0 Å². The molecule has 0 saturated carbocycles. The Morgan fingerprint density at radius 3 is 2.00 bits per heavy atom. The van der Waals surface area contributed by atoms with Crippen molar-refractivity contribution in [3.63, 3.8) is 0 Å². The molecular formula is H3INP2+. The minimum absolute atomic E-state index is 0.484. The van der Waals surface area contributed by atoms with E-state index >= 15 is 0 Å². The zero-order chi connectivity index (χ0) is 3.58. The Morgan fingerprint density at radius 1 is 2.00 bits per heavy atom. The SMILES string of the molecule is N=[P+](P)I. The van der Waals surface area contributed by atoms with Crippen molar-refractivity contribution in [3.8, 4) is 0 Å². The lowest BCUT2D eigenvalue weighted by Crippen LogP contribution is -0.842. The number of hydrogen-bond acceptors (Lipinski definition) is 1. The minimum Gasteiger partial charge on any atom is -0.114 e. The van der Waals surface area contributed by atoms with E-state index in [-0.39, 0.29) is 0 Å². The van der Waals surface area contributed by atoms with Crippen LogP contribution in [0.15, 0.2) is 0 Å². The summed E-state index contributed by atoms with van der Waals surface area (Å²) in [7, 11) is 2.38. The van der Waals surface area contributed by atoms with Gasteiger partial charge in [-0.05, 0) is 0 Å². The van der Waals surface area contributed by atoms with Crippen molar-refractivity contribution < 1.29 is 0 Å². The molecule has 0 bridgehead atoms. The zero-order valence-corrected chi connectivity index (χ0v) is 6.11. The quantitative estimate of drug-likeness (QED) is 0.464. The molecule has 0 aromatic carbocycles. The molecule has 0 amide bonds. The van der Waals surface area contributed by atoms with Gasteiger partial charge in [0.2, 0.25) is 0 Å². The molecular weight excluding hydrogens is 203 g/mol. The molecule has 1 N–H and O–H groups in total. The van der Waals surface area contributed by atoms with E-state index in [9.17, 15) is 0 Å². The summed E-state index contributed by atoms with van der Waals surface area (Å²) in [5.41, 5.74) is 0. The normalized spacial score (nSPS) is 11.0. The minimum atomic E-state index is -0.484. The molecule has 0 fully saturated rings. The monoisotopic (exact) mass is 206 g/mol. The van der Waals surface area contributed by atoms with Gasteiger partial charge in [-0.25, -0.2) is 0 Å². The maximum atomic E-state index is 6.60. The first kappa shape index (κ1) is 5.26.